The largest absolute Gasteiger partial charge is 0.437 e. The Kier molecular flexibility index (Phi) is 3.19. The summed E-state index contributed by atoms with van der Waals surface area (Å²) in [5.41, 5.74) is 2.11. The summed E-state index contributed by atoms with van der Waals surface area (Å²) in [5, 5.41) is 10.8. The van der Waals surface area contributed by atoms with E-state index in [1.165, 1.54) is 12.3 Å². The zero-order valence-electron chi connectivity index (χ0n) is 11.2. The van der Waals surface area contributed by atoms with Crippen LogP contribution in [-0.2, 0) is 0 Å². The maximum absolute atomic E-state index is 10.8. The summed E-state index contributed by atoms with van der Waals surface area (Å²) >= 11 is 0. The molecule has 0 bridgehead atoms. The molecule has 0 atom stereocenters. The first-order valence-corrected chi connectivity index (χ1v) is 6.28. The maximum Gasteiger partial charge on any atom is 0.272 e. The van der Waals surface area contributed by atoms with Gasteiger partial charge in [0.15, 0.2) is 0 Å². The van der Waals surface area contributed by atoms with E-state index in [0.29, 0.717) is 17.2 Å². The van der Waals surface area contributed by atoms with Crippen molar-refractivity contribution in [3.63, 3.8) is 0 Å². The number of para-hydroxylation sites is 2. The van der Waals surface area contributed by atoms with E-state index < -0.39 is 4.92 Å². The number of hydrogen-bond donors (Lipinski definition) is 0. The van der Waals surface area contributed by atoms with Crippen LogP contribution in [0.15, 0.2) is 48.7 Å². The summed E-state index contributed by atoms with van der Waals surface area (Å²) in [6.07, 6.45) is 1.53. The SMILES string of the molecule is Cc1cc(Oc2cnc3ccccc3n2)ccc1[N+](=O)[O-]. The number of rotatable bonds is 3. The van der Waals surface area contributed by atoms with Crippen molar-refractivity contribution in [1.29, 1.82) is 0 Å². The van der Waals surface area contributed by atoms with Gasteiger partial charge in [-0.15, -0.1) is 0 Å². The van der Waals surface area contributed by atoms with Gasteiger partial charge in [0, 0.05) is 11.6 Å². The molecule has 0 aliphatic rings. The second kappa shape index (κ2) is 5.16. The van der Waals surface area contributed by atoms with E-state index in [0.717, 1.165) is 11.0 Å². The normalized spacial score (nSPS) is 10.5. The third kappa shape index (κ3) is 2.64. The van der Waals surface area contributed by atoms with Crippen LogP contribution in [0.4, 0.5) is 5.69 Å². The van der Waals surface area contributed by atoms with Crippen LogP contribution < -0.4 is 4.74 Å². The lowest BCUT2D eigenvalue weighted by molar-refractivity contribution is -0.385. The molecular formula is C15H11N3O3. The highest BCUT2D eigenvalue weighted by Gasteiger charge is 2.11. The highest BCUT2D eigenvalue weighted by molar-refractivity contribution is 5.74. The van der Waals surface area contributed by atoms with Crippen molar-refractivity contribution >= 4 is 16.7 Å². The lowest BCUT2D eigenvalue weighted by atomic mass is 10.2. The van der Waals surface area contributed by atoms with E-state index in [4.69, 9.17) is 4.74 Å². The van der Waals surface area contributed by atoms with Gasteiger partial charge in [-0.1, -0.05) is 12.1 Å². The molecule has 0 aliphatic carbocycles. The second-order valence-electron chi connectivity index (χ2n) is 4.50. The van der Waals surface area contributed by atoms with E-state index in [1.807, 2.05) is 24.3 Å². The van der Waals surface area contributed by atoms with Crippen molar-refractivity contribution in [3.05, 3.63) is 64.3 Å². The highest BCUT2D eigenvalue weighted by Crippen LogP contribution is 2.26. The van der Waals surface area contributed by atoms with Gasteiger partial charge in [0.2, 0.25) is 5.88 Å². The van der Waals surface area contributed by atoms with Crippen molar-refractivity contribution in [2.24, 2.45) is 0 Å². The molecule has 3 aromatic rings. The molecule has 0 spiro atoms. The summed E-state index contributed by atoms with van der Waals surface area (Å²) in [7, 11) is 0. The lowest BCUT2D eigenvalue weighted by Gasteiger charge is -2.06. The Balaban J connectivity index is 1.91. The van der Waals surface area contributed by atoms with E-state index >= 15 is 0 Å². The number of nitrogens with zero attached hydrogens (tertiary/aromatic N) is 3. The maximum atomic E-state index is 10.8. The standard InChI is InChI=1S/C15H11N3O3/c1-10-8-11(6-7-14(10)18(19)20)21-15-9-16-12-4-2-3-5-13(12)17-15/h2-9H,1H3. The van der Waals surface area contributed by atoms with Crippen molar-refractivity contribution in [1.82, 2.24) is 9.97 Å². The van der Waals surface area contributed by atoms with Crippen LogP contribution in [0.1, 0.15) is 5.56 Å². The number of aromatic nitrogens is 2. The molecule has 0 amide bonds. The Morgan fingerprint density at radius 3 is 2.62 bits per heavy atom. The van der Waals surface area contributed by atoms with Gasteiger partial charge in [-0.3, -0.25) is 10.1 Å². The molecule has 0 unspecified atom stereocenters. The van der Waals surface area contributed by atoms with Gasteiger partial charge < -0.3 is 4.74 Å². The van der Waals surface area contributed by atoms with Crippen LogP contribution in [0, 0.1) is 17.0 Å². The molecule has 1 heterocycles. The van der Waals surface area contributed by atoms with Gasteiger partial charge in [-0.25, -0.2) is 9.97 Å². The van der Waals surface area contributed by atoms with E-state index in [2.05, 4.69) is 9.97 Å². The molecule has 0 fully saturated rings. The van der Waals surface area contributed by atoms with Gasteiger partial charge >= 0.3 is 0 Å². The quantitative estimate of drug-likeness (QED) is 0.541. The molecule has 6 nitrogen and oxygen atoms in total. The molecule has 3 rings (SSSR count). The van der Waals surface area contributed by atoms with Gasteiger partial charge in [0.1, 0.15) is 5.75 Å². The third-order valence-electron chi connectivity index (χ3n) is 3.01. The second-order valence-corrected chi connectivity index (χ2v) is 4.50. The third-order valence-corrected chi connectivity index (χ3v) is 3.01. The van der Waals surface area contributed by atoms with Crippen LogP contribution in [0.25, 0.3) is 11.0 Å². The Labute approximate surface area is 120 Å². The molecule has 1 aromatic heterocycles. The molecule has 104 valence electrons. The fraction of sp³-hybridized carbons (Fsp3) is 0.0667. The number of ether oxygens (including phenoxy) is 1. The topological polar surface area (TPSA) is 78.2 Å². The Morgan fingerprint density at radius 2 is 1.90 bits per heavy atom. The van der Waals surface area contributed by atoms with Crippen LogP contribution in [0.2, 0.25) is 0 Å². The van der Waals surface area contributed by atoms with Crippen molar-refractivity contribution in [2.45, 2.75) is 6.92 Å². The molecule has 6 heteroatoms. The molecule has 0 aliphatic heterocycles. The molecule has 0 radical (unpaired) electrons. The smallest absolute Gasteiger partial charge is 0.272 e. The number of benzene rings is 2. The lowest BCUT2D eigenvalue weighted by Crippen LogP contribution is -1.94. The predicted molar refractivity (Wildman–Crippen MR) is 77.4 cm³/mol. The zero-order valence-corrected chi connectivity index (χ0v) is 11.2. The number of fused-ring (bicyclic) bond motifs is 1. The number of nitro benzene ring substituents is 1. The predicted octanol–water partition coefficient (Wildman–Crippen LogP) is 3.64. The van der Waals surface area contributed by atoms with Crippen LogP contribution in [0.5, 0.6) is 11.6 Å². The Hall–Kier alpha value is -3.02. The van der Waals surface area contributed by atoms with Crippen molar-refractivity contribution in [3.8, 4) is 11.6 Å². The fourth-order valence-corrected chi connectivity index (χ4v) is 2.01. The Bertz CT molecular complexity index is 833. The van der Waals surface area contributed by atoms with Crippen LogP contribution in [-0.4, -0.2) is 14.9 Å². The summed E-state index contributed by atoms with van der Waals surface area (Å²) in [5.74, 6) is 0.838. The average Bonchev–Trinajstić information content (AvgIpc) is 2.47. The van der Waals surface area contributed by atoms with Crippen LogP contribution >= 0.6 is 0 Å². The van der Waals surface area contributed by atoms with E-state index in [-0.39, 0.29) is 5.69 Å². The van der Waals surface area contributed by atoms with E-state index in [9.17, 15) is 10.1 Å². The molecule has 2 aromatic carbocycles. The minimum absolute atomic E-state index is 0.0620. The number of nitro groups is 1. The molecule has 0 saturated heterocycles. The first-order chi connectivity index (χ1) is 10.1. The highest BCUT2D eigenvalue weighted by atomic mass is 16.6. The number of hydrogen-bond acceptors (Lipinski definition) is 5. The summed E-state index contributed by atoms with van der Waals surface area (Å²) in [4.78, 5) is 18.9. The van der Waals surface area contributed by atoms with E-state index in [1.54, 1.807) is 19.1 Å². The average molecular weight is 281 g/mol. The minimum atomic E-state index is -0.422. The molecule has 0 N–H and O–H groups in total. The van der Waals surface area contributed by atoms with Gasteiger partial charge in [0.25, 0.3) is 5.69 Å². The monoisotopic (exact) mass is 281 g/mol. The zero-order chi connectivity index (χ0) is 14.8. The fourth-order valence-electron chi connectivity index (χ4n) is 2.01. The van der Waals surface area contributed by atoms with Crippen molar-refractivity contribution < 1.29 is 9.66 Å². The molecular weight excluding hydrogens is 270 g/mol. The summed E-state index contributed by atoms with van der Waals surface area (Å²) in [6, 6.07) is 12.0. The van der Waals surface area contributed by atoms with Gasteiger partial charge in [-0.2, -0.15) is 0 Å². The van der Waals surface area contributed by atoms with Gasteiger partial charge in [-0.05, 0) is 31.2 Å². The van der Waals surface area contributed by atoms with Crippen LogP contribution in [0.3, 0.4) is 0 Å². The Morgan fingerprint density at radius 1 is 1.14 bits per heavy atom. The molecule has 21 heavy (non-hydrogen) atoms. The summed E-state index contributed by atoms with van der Waals surface area (Å²) < 4.78 is 5.61. The minimum Gasteiger partial charge on any atom is -0.437 e. The van der Waals surface area contributed by atoms with Crippen molar-refractivity contribution in [2.75, 3.05) is 0 Å². The molecule has 0 saturated carbocycles. The first-order valence-electron chi connectivity index (χ1n) is 6.28. The summed E-state index contributed by atoms with van der Waals surface area (Å²) in [6.45, 7) is 1.66. The first kappa shape index (κ1) is 13.0. The number of aryl methyl sites for hydroxylation is 1. The van der Waals surface area contributed by atoms with Gasteiger partial charge in [0.05, 0.1) is 22.2 Å².